The number of rotatable bonds is 6. The number of carbonyl (C=O) groups is 2. The van der Waals surface area contributed by atoms with E-state index in [4.69, 9.17) is 4.74 Å². The van der Waals surface area contributed by atoms with Crippen LogP contribution >= 0.6 is 0 Å². The zero-order chi connectivity index (χ0) is 21.8. The van der Waals surface area contributed by atoms with Crippen molar-refractivity contribution in [2.75, 3.05) is 0 Å². The van der Waals surface area contributed by atoms with Gasteiger partial charge in [-0.3, -0.25) is 9.59 Å². The molecule has 5 nitrogen and oxygen atoms in total. The minimum atomic E-state index is -0.242. The second-order valence-electron chi connectivity index (χ2n) is 6.92. The van der Waals surface area contributed by atoms with Gasteiger partial charge in [0.1, 0.15) is 23.0 Å². The number of aromatic hydroxyl groups is 2. The second kappa shape index (κ2) is 8.55. The summed E-state index contributed by atoms with van der Waals surface area (Å²) in [5, 5.41) is 19.2. The summed E-state index contributed by atoms with van der Waals surface area (Å²) in [6, 6.07) is 25.7. The van der Waals surface area contributed by atoms with Gasteiger partial charge in [-0.1, -0.05) is 48.5 Å². The lowest BCUT2D eigenvalue weighted by Gasteiger charge is -2.09. The third-order valence-corrected chi connectivity index (χ3v) is 4.64. The minimum absolute atomic E-state index is 0.0199. The smallest absolute Gasteiger partial charge is 0.193 e. The molecule has 31 heavy (non-hydrogen) atoms. The van der Waals surface area contributed by atoms with Crippen molar-refractivity contribution in [3.05, 3.63) is 119 Å². The number of ether oxygens (including phenoxy) is 1. The van der Waals surface area contributed by atoms with Crippen LogP contribution in [0.1, 0.15) is 31.8 Å². The zero-order valence-corrected chi connectivity index (χ0v) is 16.4. The lowest BCUT2D eigenvalue weighted by Crippen LogP contribution is -2.02. The number of hydrogen-bond acceptors (Lipinski definition) is 5. The molecule has 2 N–H and O–H groups in total. The number of ketones is 2. The van der Waals surface area contributed by atoms with Crippen LogP contribution in [0.2, 0.25) is 0 Å². The fraction of sp³-hybridized carbons (Fsp3) is 0. The van der Waals surface area contributed by atoms with E-state index in [9.17, 15) is 19.8 Å². The van der Waals surface area contributed by atoms with Gasteiger partial charge in [-0.25, -0.2) is 0 Å². The highest BCUT2D eigenvalue weighted by Gasteiger charge is 2.13. The van der Waals surface area contributed by atoms with E-state index < -0.39 is 0 Å². The zero-order valence-electron chi connectivity index (χ0n) is 16.4. The number of carbonyl (C=O) groups excluding carboxylic acids is 2. The molecule has 0 saturated heterocycles. The van der Waals surface area contributed by atoms with Gasteiger partial charge in [-0.2, -0.15) is 0 Å². The van der Waals surface area contributed by atoms with E-state index in [1.54, 1.807) is 72.8 Å². The van der Waals surface area contributed by atoms with E-state index in [2.05, 4.69) is 0 Å². The topological polar surface area (TPSA) is 83.8 Å². The van der Waals surface area contributed by atoms with Crippen LogP contribution < -0.4 is 4.74 Å². The number of phenols is 2. The molecular weight excluding hydrogens is 392 g/mol. The van der Waals surface area contributed by atoms with E-state index in [0.29, 0.717) is 33.8 Å². The standard InChI is InChI=1S/C26H18O5/c27-21-9-1-5-17(13-21)25(29)19-7-3-11-23(15-19)31-24-12-4-8-20(16-24)26(30)18-6-2-10-22(28)14-18/h1-16,27-28H. The van der Waals surface area contributed by atoms with Gasteiger partial charge in [-0.15, -0.1) is 0 Å². The first-order chi connectivity index (χ1) is 15.0. The van der Waals surface area contributed by atoms with Gasteiger partial charge in [0.2, 0.25) is 0 Å². The van der Waals surface area contributed by atoms with Crippen molar-refractivity contribution in [3.63, 3.8) is 0 Å². The molecule has 0 spiro atoms. The average Bonchev–Trinajstić information content (AvgIpc) is 2.78. The van der Waals surface area contributed by atoms with Crippen molar-refractivity contribution in [1.29, 1.82) is 0 Å². The molecule has 0 unspecified atom stereocenters. The molecule has 0 heterocycles. The SMILES string of the molecule is O=C(c1cccc(O)c1)c1cccc(Oc2cccc(C(=O)c3cccc(O)c3)c2)c1. The van der Waals surface area contributed by atoms with Crippen molar-refractivity contribution in [3.8, 4) is 23.0 Å². The summed E-state index contributed by atoms with van der Waals surface area (Å²) in [6.07, 6.45) is 0. The Balaban J connectivity index is 1.56. The van der Waals surface area contributed by atoms with E-state index in [1.165, 1.54) is 24.3 Å². The predicted molar refractivity (Wildman–Crippen MR) is 116 cm³/mol. The molecule has 0 saturated carbocycles. The minimum Gasteiger partial charge on any atom is -0.508 e. The highest BCUT2D eigenvalue weighted by atomic mass is 16.5. The maximum Gasteiger partial charge on any atom is 0.193 e. The second-order valence-corrected chi connectivity index (χ2v) is 6.92. The monoisotopic (exact) mass is 410 g/mol. The summed E-state index contributed by atoms with van der Waals surface area (Å²) in [7, 11) is 0. The molecular formula is C26H18O5. The Morgan fingerprint density at radius 1 is 0.516 bits per heavy atom. The van der Waals surface area contributed by atoms with Crippen LogP contribution in [0.4, 0.5) is 0 Å². The van der Waals surface area contributed by atoms with Gasteiger partial charge < -0.3 is 14.9 Å². The molecule has 4 rings (SSSR count). The Hall–Kier alpha value is -4.38. The lowest BCUT2D eigenvalue weighted by atomic mass is 10.0. The maximum absolute atomic E-state index is 12.7. The molecule has 0 aliphatic carbocycles. The van der Waals surface area contributed by atoms with Crippen LogP contribution in [0, 0.1) is 0 Å². The molecule has 5 heteroatoms. The first kappa shape index (κ1) is 19.9. The maximum atomic E-state index is 12.7. The summed E-state index contributed by atoms with van der Waals surface area (Å²) in [4.78, 5) is 25.4. The van der Waals surface area contributed by atoms with Gasteiger partial charge >= 0.3 is 0 Å². The van der Waals surface area contributed by atoms with Crippen LogP contribution in [0.25, 0.3) is 0 Å². The molecule has 152 valence electrons. The largest absolute Gasteiger partial charge is 0.508 e. The first-order valence-corrected chi connectivity index (χ1v) is 9.55. The molecule has 0 amide bonds. The molecule has 0 aliphatic rings. The van der Waals surface area contributed by atoms with Crippen LogP contribution in [0.5, 0.6) is 23.0 Å². The van der Waals surface area contributed by atoms with E-state index >= 15 is 0 Å². The predicted octanol–water partition coefficient (Wildman–Crippen LogP) is 5.35. The Morgan fingerprint density at radius 3 is 1.26 bits per heavy atom. The molecule has 0 atom stereocenters. The van der Waals surface area contributed by atoms with Gasteiger partial charge in [0.25, 0.3) is 0 Å². The fourth-order valence-electron chi connectivity index (χ4n) is 3.17. The van der Waals surface area contributed by atoms with Gasteiger partial charge in [0, 0.05) is 22.3 Å². The van der Waals surface area contributed by atoms with Crippen molar-refractivity contribution in [2.45, 2.75) is 0 Å². The summed E-state index contributed by atoms with van der Waals surface area (Å²) < 4.78 is 5.88. The third kappa shape index (κ3) is 4.62. The number of hydrogen-bond donors (Lipinski definition) is 2. The number of phenolic OH excluding ortho intramolecular Hbond substituents is 2. The molecule has 0 fully saturated rings. The Bertz CT molecular complexity index is 1180. The quantitative estimate of drug-likeness (QED) is 0.419. The first-order valence-electron chi connectivity index (χ1n) is 9.55. The van der Waals surface area contributed by atoms with Crippen molar-refractivity contribution in [2.24, 2.45) is 0 Å². The van der Waals surface area contributed by atoms with E-state index in [1.807, 2.05) is 0 Å². The van der Waals surface area contributed by atoms with Gasteiger partial charge in [0.05, 0.1) is 0 Å². The fourth-order valence-corrected chi connectivity index (χ4v) is 3.17. The summed E-state index contributed by atoms with van der Waals surface area (Å²) >= 11 is 0. The molecule has 4 aromatic carbocycles. The number of benzene rings is 4. The Morgan fingerprint density at radius 2 is 0.871 bits per heavy atom. The highest BCUT2D eigenvalue weighted by Crippen LogP contribution is 2.26. The van der Waals surface area contributed by atoms with Crippen LogP contribution in [0.15, 0.2) is 97.1 Å². The van der Waals surface area contributed by atoms with Crippen molar-refractivity contribution in [1.82, 2.24) is 0 Å². The van der Waals surface area contributed by atoms with Gasteiger partial charge in [-0.05, 0) is 48.5 Å². The van der Waals surface area contributed by atoms with E-state index in [0.717, 1.165) is 0 Å². The summed E-state index contributed by atoms with van der Waals surface area (Å²) in [6.45, 7) is 0. The third-order valence-electron chi connectivity index (χ3n) is 4.64. The normalized spacial score (nSPS) is 10.5. The van der Waals surface area contributed by atoms with Crippen LogP contribution in [-0.2, 0) is 0 Å². The highest BCUT2D eigenvalue weighted by molar-refractivity contribution is 6.10. The van der Waals surface area contributed by atoms with Crippen LogP contribution in [0.3, 0.4) is 0 Å². The van der Waals surface area contributed by atoms with Crippen molar-refractivity contribution < 1.29 is 24.5 Å². The molecule has 0 aliphatic heterocycles. The van der Waals surface area contributed by atoms with Crippen LogP contribution in [-0.4, -0.2) is 21.8 Å². The molecule has 0 radical (unpaired) electrons. The summed E-state index contributed by atoms with van der Waals surface area (Å²) in [5.41, 5.74) is 1.57. The molecule has 0 aromatic heterocycles. The van der Waals surface area contributed by atoms with Gasteiger partial charge in [0.15, 0.2) is 11.6 Å². The Labute approximate surface area is 178 Å². The summed E-state index contributed by atoms with van der Waals surface area (Å²) in [5.74, 6) is 0.433. The Kier molecular flexibility index (Phi) is 5.49. The van der Waals surface area contributed by atoms with Crippen molar-refractivity contribution >= 4 is 11.6 Å². The van der Waals surface area contributed by atoms with E-state index in [-0.39, 0.29) is 23.1 Å². The average molecular weight is 410 g/mol. The molecule has 0 bridgehead atoms. The lowest BCUT2D eigenvalue weighted by molar-refractivity contribution is 0.103. The molecule has 4 aromatic rings.